The fraction of sp³-hybridized carbons (Fsp3) is 0.100. The molecule has 20 heavy (non-hydrogen) atoms. The van der Waals surface area contributed by atoms with Crippen LogP contribution < -0.4 is 10.1 Å². The van der Waals surface area contributed by atoms with Crippen molar-refractivity contribution < 1.29 is 18.1 Å². The van der Waals surface area contributed by atoms with Gasteiger partial charge in [-0.2, -0.15) is 0 Å². The first-order chi connectivity index (χ1) is 9.42. The van der Waals surface area contributed by atoms with Crippen LogP contribution in [0.4, 0.5) is 10.5 Å². The lowest BCUT2D eigenvalue weighted by Crippen LogP contribution is -2.46. The number of para-hydroxylation sites is 1. The van der Waals surface area contributed by atoms with Gasteiger partial charge in [0, 0.05) is 12.3 Å². The molecule has 0 saturated carbocycles. The summed E-state index contributed by atoms with van der Waals surface area (Å²) in [7, 11) is -4.32. The van der Waals surface area contributed by atoms with E-state index in [1.807, 2.05) is 0 Å². The summed E-state index contributed by atoms with van der Waals surface area (Å²) in [4.78, 5) is 21.1. The van der Waals surface area contributed by atoms with Crippen molar-refractivity contribution in [2.24, 2.45) is 0 Å². The standard InChI is InChI=1S/C10H10N4O5S/c15-10(13-7-3-6-11-13)12-20(18,19)9-5-2-1-4-8(9)14(16)17/h1-6,11H,7H2,(H,12,15). The van der Waals surface area contributed by atoms with Gasteiger partial charge >= 0.3 is 6.03 Å². The largest absolute Gasteiger partial charge is 0.350 e. The van der Waals surface area contributed by atoms with Crippen molar-refractivity contribution in [2.75, 3.05) is 6.54 Å². The summed E-state index contributed by atoms with van der Waals surface area (Å²) < 4.78 is 25.8. The third-order valence-electron chi connectivity index (χ3n) is 2.45. The summed E-state index contributed by atoms with van der Waals surface area (Å²) in [6.07, 6.45) is 3.08. The Kier molecular flexibility index (Phi) is 3.57. The van der Waals surface area contributed by atoms with Crippen LogP contribution in [0.2, 0.25) is 0 Å². The monoisotopic (exact) mass is 298 g/mol. The number of carbonyl (C=O) groups is 1. The quantitative estimate of drug-likeness (QED) is 0.612. The van der Waals surface area contributed by atoms with Crippen molar-refractivity contribution in [2.45, 2.75) is 4.90 Å². The van der Waals surface area contributed by atoms with Gasteiger partial charge in [-0.1, -0.05) is 12.1 Å². The molecule has 0 unspecified atom stereocenters. The van der Waals surface area contributed by atoms with Crippen molar-refractivity contribution >= 4 is 21.7 Å². The Balaban J connectivity index is 2.27. The number of nitrogens with one attached hydrogen (secondary N) is 2. The Morgan fingerprint density at radius 1 is 1.40 bits per heavy atom. The second-order valence-corrected chi connectivity index (χ2v) is 5.43. The van der Waals surface area contributed by atoms with E-state index in [4.69, 9.17) is 0 Å². The lowest BCUT2D eigenvalue weighted by molar-refractivity contribution is -0.387. The van der Waals surface area contributed by atoms with Gasteiger partial charge in [0.1, 0.15) is 0 Å². The Hall–Kier alpha value is -2.62. The van der Waals surface area contributed by atoms with E-state index in [0.29, 0.717) is 0 Å². The van der Waals surface area contributed by atoms with Gasteiger partial charge in [-0.25, -0.2) is 22.9 Å². The molecule has 0 aromatic heterocycles. The number of carbonyl (C=O) groups excluding carboxylic acids is 1. The van der Waals surface area contributed by atoms with Crippen LogP contribution in [0.25, 0.3) is 0 Å². The Bertz CT molecular complexity index is 677. The maximum absolute atomic E-state index is 12.0. The lowest BCUT2D eigenvalue weighted by Gasteiger charge is -2.16. The molecule has 106 valence electrons. The molecule has 1 heterocycles. The molecule has 1 aromatic carbocycles. The molecule has 2 N–H and O–H groups in total. The number of hydrogen-bond donors (Lipinski definition) is 2. The van der Waals surface area contributed by atoms with Crippen molar-refractivity contribution in [1.29, 1.82) is 0 Å². The molecule has 0 fully saturated rings. The predicted molar refractivity (Wildman–Crippen MR) is 67.8 cm³/mol. The highest BCUT2D eigenvalue weighted by Crippen LogP contribution is 2.22. The maximum Gasteiger partial charge on any atom is 0.350 e. The molecule has 0 bridgehead atoms. The average molecular weight is 298 g/mol. The topological polar surface area (TPSA) is 122 Å². The molecule has 0 atom stereocenters. The van der Waals surface area contributed by atoms with Crippen LogP contribution in [0.15, 0.2) is 41.4 Å². The van der Waals surface area contributed by atoms with Gasteiger partial charge in [0.2, 0.25) is 0 Å². The van der Waals surface area contributed by atoms with Crippen LogP contribution in [0.1, 0.15) is 0 Å². The first-order valence-corrected chi connectivity index (χ1v) is 6.89. The van der Waals surface area contributed by atoms with E-state index in [2.05, 4.69) is 5.43 Å². The highest BCUT2D eigenvalue weighted by atomic mass is 32.2. The van der Waals surface area contributed by atoms with Gasteiger partial charge < -0.3 is 5.43 Å². The first kappa shape index (κ1) is 13.8. The lowest BCUT2D eigenvalue weighted by atomic mass is 10.3. The number of hydrazine groups is 1. The van der Waals surface area contributed by atoms with Crippen LogP contribution in [-0.2, 0) is 10.0 Å². The summed E-state index contributed by atoms with van der Waals surface area (Å²) in [5, 5.41) is 11.8. The van der Waals surface area contributed by atoms with E-state index >= 15 is 0 Å². The van der Waals surface area contributed by atoms with Gasteiger partial charge in [-0.3, -0.25) is 10.1 Å². The number of sulfonamides is 1. The molecular weight excluding hydrogens is 288 g/mol. The van der Waals surface area contributed by atoms with Crippen LogP contribution in [0.5, 0.6) is 0 Å². The maximum atomic E-state index is 12.0. The highest BCUT2D eigenvalue weighted by Gasteiger charge is 2.28. The third-order valence-corrected chi connectivity index (χ3v) is 3.82. The summed E-state index contributed by atoms with van der Waals surface area (Å²) >= 11 is 0. The zero-order valence-electron chi connectivity index (χ0n) is 10.0. The smallest absolute Gasteiger partial charge is 0.302 e. The molecular formula is C10H10N4O5S. The number of nitro benzene ring substituents is 1. The minimum atomic E-state index is -4.32. The van der Waals surface area contributed by atoms with Crippen LogP contribution >= 0.6 is 0 Å². The van der Waals surface area contributed by atoms with Crippen LogP contribution in [0, 0.1) is 10.1 Å². The molecule has 0 aliphatic carbocycles. The fourth-order valence-corrected chi connectivity index (χ4v) is 2.68. The SMILES string of the molecule is O=C(NS(=O)(=O)c1ccccc1[N+](=O)[O-])N1CC=CN1. The molecule has 0 spiro atoms. The van der Waals surface area contributed by atoms with E-state index in [1.54, 1.807) is 10.8 Å². The molecule has 9 nitrogen and oxygen atoms in total. The molecule has 2 amide bonds. The summed E-state index contributed by atoms with van der Waals surface area (Å²) in [5.41, 5.74) is 1.91. The molecule has 10 heteroatoms. The zero-order chi connectivity index (χ0) is 14.8. The van der Waals surface area contributed by atoms with Crippen molar-refractivity contribution in [3.8, 4) is 0 Å². The molecule has 1 aliphatic heterocycles. The minimum Gasteiger partial charge on any atom is -0.302 e. The molecule has 0 radical (unpaired) electrons. The Morgan fingerprint density at radius 3 is 2.70 bits per heavy atom. The van der Waals surface area contributed by atoms with E-state index in [9.17, 15) is 23.3 Å². The van der Waals surface area contributed by atoms with Crippen LogP contribution in [0.3, 0.4) is 0 Å². The van der Waals surface area contributed by atoms with Gasteiger partial charge in [0.15, 0.2) is 4.90 Å². The number of benzene rings is 1. The predicted octanol–water partition coefficient (Wildman–Crippen LogP) is 0.327. The number of urea groups is 1. The second-order valence-electron chi connectivity index (χ2n) is 3.78. The molecule has 2 rings (SSSR count). The fourth-order valence-electron chi connectivity index (χ4n) is 1.56. The highest BCUT2D eigenvalue weighted by molar-refractivity contribution is 7.90. The second kappa shape index (κ2) is 5.17. The van der Waals surface area contributed by atoms with Gasteiger partial charge in [-0.15, -0.1) is 0 Å². The van der Waals surface area contributed by atoms with Crippen molar-refractivity contribution in [3.63, 3.8) is 0 Å². The zero-order valence-corrected chi connectivity index (χ0v) is 10.8. The van der Waals surface area contributed by atoms with Crippen LogP contribution in [-0.4, -0.2) is 30.9 Å². The number of amides is 2. The number of nitrogens with zero attached hydrogens (tertiary/aromatic N) is 2. The Morgan fingerprint density at radius 2 is 2.10 bits per heavy atom. The molecule has 1 aliphatic rings. The number of rotatable bonds is 3. The normalized spacial score (nSPS) is 13.9. The molecule has 0 saturated heterocycles. The third kappa shape index (κ3) is 2.69. The number of nitro groups is 1. The summed E-state index contributed by atoms with van der Waals surface area (Å²) in [5.74, 6) is 0. The first-order valence-electron chi connectivity index (χ1n) is 5.41. The van der Waals surface area contributed by atoms with Gasteiger partial charge in [0.25, 0.3) is 15.7 Å². The Labute approximate surface area is 114 Å². The van der Waals surface area contributed by atoms with Crippen molar-refractivity contribution in [1.82, 2.24) is 15.2 Å². The van der Waals surface area contributed by atoms with E-state index < -0.39 is 31.6 Å². The average Bonchev–Trinajstić information content (AvgIpc) is 2.92. The molecule has 1 aromatic rings. The van der Waals surface area contributed by atoms with E-state index in [1.165, 1.54) is 18.3 Å². The minimum absolute atomic E-state index is 0.193. The number of hydrogen-bond acceptors (Lipinski definition) is 6. The van der Waals surface area contributed by atoms with Crippen molar-refractivity contribution in [3.05, 3.63) is 46.7 Å². The van der Waals surface area contributed by atoms with Gasteiger partial charge in [0.05, 0.1) is 11.5 Å². The summed E-state index contributed by atoms with van der Waals surface area (Å²) in [6.45, 7) is 0.193. The summed E-state index contributed by atoms with van der Waals surface area (Å²) in [6, 6.07) is 3.86. The van der Waals surface area contributed by atoms with E-state index in [-0.39, 0.29) is 6.54 Å². The van der Waals surface area contributed by atoms with E-state index in [0.717, 1.165) is 17.1 Å². The van der Waals surface area contributed by atoms with Gasteiger partial charge in [-0.05, 0) is 12.1 Å².